The van der Waals surface area contributed by atoms with Crippen molar-refractivity contribution in [2.45, 2.75) is 6.92 Å². The van der Waals surface area contributed by atoms with Gasteiger partial charge in [-0.25, -0.2) is 9.59 Å². The maximum atomic E-state index is 11.9. The molecule has 1 heterocycles. The van der Waals surface area contributed by atoms with Gasteiger partial charge in [-0.1, -0.05) is 0 Å². The lowest BCUT2D eigenvalue weighted by Gasteiger charge is -2.09. The van der Waals surface area contributed by atoms with Crippen molar-refractivity contribution >= 4 is 40.1 Å². The molecular weight excluding hydrogens is 392 g/mol. The molecule has 9 nitrogen and oxygen atoms in total. The van der Waals surface area contributed by atoms with E-state index in [4.69, 9.17) is 13.9 Å². The molecule has 0 aliphatic carbocycles. The van der Waals surface area contributed by atoms with Crippen molar-refractivity contribution in [3.8, 4) is 5.75 Å². The summed E-state index contributed by atoms with van der Waals surface area (Å²) in [7, 11) is 0. The standard InChI is InChI=1S/C21H18N2O7/c1-13(24)22-15-4-6-16(7-5-15)23-19(25)11-29-21(27)12-28-17-8-2-14-3-9-20(26)30-18(14)10-17/h2-10H,11-12H2,1H3,(H,22,24)(H,23,25). The van der Waals surface area contributed by atoms with Gasteiger partial charge < -0.3 is 24.5 Å². The molecule has 2 amide bonds. The maximum absolute atomic E-state index is 11.9. The van der Waals surface area contributed by atoms with Crippen molar-refractivity contribution < 1.29 is 28.3 Å². The molecule has 154 valence electrons. The number of benzene rings is 2. The van der Waals surface area contributed by atoms with Gasteiger partial charge >= 0.3 is 11.6 Å². The van der Waals surface area contributed by atoms with Crippen LogP contribution in [0.3, 0.4) is 0 Å². The molecule has 0 saturated carbocycles. The lowest BCUT2D eigenvalue weighted by molar-refractivity contribution is -0.149. The van der Waals surface area contributed by atoms with Crippen LogP contribution in [0.25, 0.3) is 11.0 Å². The van der Waals surface area contributed by atoms with Crippen LogP contribution in [0.5, 0.6) is 5.75 Å². The Kier molecular flexibility index (Phi) is 6.43. The van der Waals surface area contributed by atoms with E-state index in [2.05, 4.69) is 10.6 Å². The summed E-state index contributed by atoms with van der Waals surface area (Å²) >= 11 is 0. The first-order valence-electron chi connectivity index (χ1n) is 8.89. The third kappa shape index (κ3) is 5.93. The molecule has 0 radical (unpaired) electrons. The molecule has 0 atom stereocenters. The molecule has 30 heavy (non-hydrogen) atoms. The van der Waals surface area contributed by atoms with E-state index in [0.717, 1.165) is 0 Å². The number of fused-ring (bicyclic) bond motifs is 1. The van der Waals surface area contributed by atoms with Crippen molar-refractivity contribution in [1.82, 2.24) is 0 Å². The van der Waals surface area contributed by atoms with Crippen molar-refractivity contribution in [3.05, 3.63) is 65.0 Å². The summed E-state index contributed by atoms with van der Waals surface area (Å²) in [6, 6.07) is 14.2. The van der Waals surface area contributed by atoms with Crippen molar-refractivity contribution in [3.63, 3.8) is 0 Å². The molecule has 0 spiro atoms. The Morgan fingerprint density at radius 1 is 0.900 bits per heavy atom. The van der Waals surface area contributed by atoms with Gasteiger partial charge in [0, 0.05) is 35.8 Å². The Morgan fingerprint density at radius 3 is 2.27 bits per heavy atom. The monoisotopic (exact) mass is 410 g/mol. The maximum Gasteiger partial charge on any atom is 0.344 e. The third-order valence-electron chi connectivity index (χ3n) is 3.80. The van der Waals surface area contributed by atoms with Gasteiger partial charge in [-0.2, -0.15) is 0 Å². The SMILES string of the molecule is CC(=O)Nc1ccc(NC(=O)COC(=O)COc2ccc3ccc(=O)oc3c2)cc1. The molecular formula is C21H18N2O7. The van der Waals surface area contributed by atoms with E-state index in [9.17, 15) is 19.2 Å². The molecule has 2 aromatic carbocycles. The van der Waals surface area contributed by atoms with Gasteiger partial charge in [0.1, 0.15) is 11.3 Å². The zero-order valence-corrected chi connectivity index (χ0v) is 16.0. The minimum Gasteiger partial charge on any atom is -0.482 e. The Morgan fingerprint density at radius 2 is 1.57 bits per heavy atom. The highest BCUT2D eigenvalue weighted by atomic mass is 16.6. The summed E-state index contributed by atoms with van der Waals surface area (Å²) in [5.41, 5.74) is 0.920. The first kappa shape index (κ1) is 20.6. The van der Waals surface area contributed by atoms with Gasteiger partial charge in [0.05, 0.1) is 0 Å². The second-order valence-electron chi connectivity index (χ2n) is 6.21. The molecule has 0 unspecified atom stereocenters. The first-order valence-corrected chi connectivity index (χ1v) is 8.89. The number of carbonyl (C=O) groups is 3. The number of hydrogen-bond acceptors (Lipinski definition) is 7. The van der Waals surface area contributed by atoms with Gasteiger partial charge in [-0.15, -0.1) is 0 Å². The topological polar surface area (TPSA) is 124 Å². The number of ether oxygens (including phenoxy) is 2. The molecule has 0 aliphatic heterocycles. The number of rotatable bonds is 7. The van der Waals surface area contributed by atoms with Gasteiger partial charge in [0.25, 0.3) is 5.91 Å². The van der Waals surface area contributed by atoms with Gasteiger partial charge in [0.15, 0.2) is 13.2 Å². The highest BCUT2D eigenvalue weighted by Gasteiger charge is 2.10. The smallest absolute Gasteiger partial charge is 0.344 e. The molecule has 0 aliphatic rings. The second-order valence-corrected chi connectivity index (χ2v) is 6.21. The molecule has 0 bridgehead atoms. The Labute approximate surface area is 170 Å². The van der Waals surface area contributed by atoms with Crippen molar-refractivity contribution in [2.75, 3.05) is 23.8 Å². The number of nitrogens with one attached hydrogen (secondary N) is 2. The predicted octanol–water partition coefficient (Wildman–Crippen LogP) is 2.31. The molecule has 2 N–H and O–H groups in total. The second kappa shape index (κ2) is 9.37. The molecule has 1 aromatic heterocycles. The van der Waals surface area contributed by atoms with Crippen LogP contribution >= 0.6 is 0 Å². The summed E-state index contributed by atoms with van der Waals surface area (Å²) in [5.74, 6) is -1.14. The van der Waals surface area contributed by atoms with E-state index in [1.54, 1.807) is 42.5 Å². The Bertz CT molecular complexity index is 1140. The van der Waals surface area contributed by atoms with E-state index in [1.165, 1.54) is 19.1 Å². The van der Waals surface area contributed by atoms with E-state index in [1.807, 2.05) is 0 Å². The van der Waals surface area contributed by atoms with Crippen LogP contribution in [0.1, 0.15) is 6.92 Å². The molecule has 3 aromatic rings. The van der Waals surface area contributed by atoms with Crippen LogP contribution < -0.4 is 21.0 Å². The van der Waals surface area contributed by atoms with Gasteiger partial charge in [-0.05, 0) is 42.5 Å². The fraction of sp³-hybridized carbons (Fsp3) is 0.143. The zero-order chi connectivity index (χ0) is 21.5. The number of anilines is 2. The summed E-state index contributed by atoms with van der Waals surface area (Å²) < 4.78 is 15.2. The molecule has 3 rings (SSSR count). The zero-order valence-electron chi connectivity index (χ0n) is 16.0. The van der Waals surface area contributed by atoms with Crippen LogP contribution in [-0.2, 0) is 19.1 Å². The number of hydrogen-bond donors (Lipinski definition) is 2. The lowest BCUT2D eigenvalue weighted by Crippen LogP contribution is -2.23. The third-order valence-corrected chi connectivity index (χ3v) is 3.80. The highest BCUT2D eigenvalue weighted by Crippen LogP contribution is 2.19. The Hall–Kier alpha value is -4.14. The largest absolute Gasteiger partial charge is 0.482 e. The average Bonchev–Trinajstić information content (AvgIpc) is 2.71. The highest BCUT2D eigenvalue weighted by molar-refractivity contribution is 5.93. The van der Waals surface area contributed by atoms with Crippen LogP contribution in [0.15, 0.2) is 63.8 Å². The minimum atomic E-state index is -0.735. The fourth-order valence-electron chi connectivity index (χ4n) is 2.50. The fourth-order valence-corrected chi connectivity index (χ4v) is 2.50. The molecule has 0 fully saturated rings. The van der Waals surface area contributed by atoms with E-state index < -0.39 is 30.7 Å². The number of amides is 2. The lowest BCUT2D eigenvalue weighted by atomic mass is 10.2. The minimum absolute atomic E-state index is 0.200. The quantitative estimate of drug-likeness (QED) is 0.452. The molecule has 9 heteroatoms. The summed E-state index contributed by atoms with van der Waals surface area (Å²) in [4.78, 5) is 45.9. The number of carbonyl (C=O) groups excluding carboxylic acids is 3. The van der Waals surface area contributed by atoms with Gasteiger partial charge in [-0.3, -0.25) is 9.59 Å². The van der Waals surface area contributed by atoms with Crippen LogP contribution in [0.2, 0.25) is 0 Å². The molecule has 0 saturated heterocycles. The summed E-state index contributed by atoms with van der Waals surface area (Å²) in [5, 5.41) is 5.89. The van der Waals surface area contributed by atoms with Crippen molar-refractivity contribution in [2.24, 2.45) is 0 Å². The Balaban J connectivity index is 1.44. The van der Waals surface area contributed by atoms with Gasteiger partial charge in [0.2, 0.25) is 5.91 Å². The normalized spacial score (nSPS) is 10.3. The van der Waals surface area contributed by atoms with E-state index >= 15 is 0 Å². The predicted molar refractivity (Wildman–Crippen MR) is 108 cm³/mol. The average molecular weight is 410 g/mol. The number of esters is 1. The van der Waals surface area contributed by atoms with Crippen LogP contribution in [0.4, 0.5) is 11.4 Å². The first-order chi connectivity index (χ1) is 14.4. The summed E-state index contributed by atoms with van der Waals surface area (Å²) in [6.45, 7) is 0.495. The van der Waals surface area contributed by atoms with Crippen LogP contribution in [0, 0.1) is 0 Å². The summed E-state index contributed by atoms with van der Waals surface area (Å²) in [6.07, 6.45) is 0. The van der Waals surface area contributed by atoms with Crippen LogP contribution in [-0.4, -0.2) is 31.0 Å². The van der Waals surface area contributed by atoms with E-state index in [0.29, 0.717) is 28.1 Å². The van der Waals surface area contributed by atoms with E-state index in [-0.39, 0.29) is 5.91 Å². The van der Waals surface area contributed by atoms with Crippen molar-refractivity contribution in [1.29, 1.82) is 0 Å².